The third kappa shape index (κ3) is 3.41. The van der Waals surface area contributed by atoms with E-state index in [1.165, 1.54) is 30.7 Å². The zero-order valence-corrected chi connectivity index (χ0v) is 15.0. The molecule has 6 nitrogen and oxygen atoms in total. The molecule has 2 rings (SSSR count). The van der Waals surface area contributed by atoms with Gasteiger partial charge in [0.2, 0.25) is 0 Å². The summed E-state index contributed by atoms with van der Waals surface area (Å²) in [7, 11) is 0.807. The summed E-state index contributed by atoms with van der Waals surface area (Å²) in [5.74, 6) is 1.51. The van der Waals surface area contributed by atoms with Crippen LogP contribution in [0.3, 0.4) is 0 Å². The molecule has 0 atom stereocenters. The van der Waals surface area contributed by atoms with E-state index >= 15 is 0 Å². The minimum atomic E-state index is -3.72. The highest BCUT2D eigenvalue weighted by atomic mass is 32.2. The van der Waals surface area contributed by atoms with Gasteiger partial charge in [0.05, 0.1) is 31.9 Å². The maximum Gasteiger partial charge on any atom is 0.264 e. The molecule has 0 saturated carbocycles. The summed E-state index contributed by atoms with van der Waals surface area (Å²) in [6.07, 6.45) is 0. The lowest BCUT2D eigenvalue weighted by Crippen LogP contribution is -2.30. The number of rotatable bonds is 7. The van der Waals surface area contributed by atoms with E-state index in [2.05, 4.69) is 0 Å². The highest BCUT2D eigenvalue weighted by molar-refractivity contribution is 7.92. The smallest absolute Gasteiger partial charge is 0.264 e. The molecule has 2 aromatic rings. The molecule has 0 spiro atoms. The maximum absolute atomic E-state index is 13.0. The average molecular weight is 351 g/mol. The predicted octanol–water partition coefficient (Wildman–Crippen LogP) is 2.93. The first-order valence-electron chi connectivity index (χ1n) is 7.36. The molecule has 0 unspecified atom stereocenters. The zero-order chi connectivity index (χ0) is 17.7. The van der Waals surface area contributed by atoms with E-state index in [-0.39, 0.29) is 4.90 Å². The van der Waals surface area contributed by atoms with Gasteiger partial charge >= 0.3 is 0 Å². The summed E-state index contributed by atoms with van der Waals surface area (Å²) in [6.45, 7) is 2.07. The van der Waals surface area contributed by atoms with E-state index in [0.717, 1.165) is 0 Å². The first kappa shape index (κ1) is 17.9. The highest BCUT2D eigenvalue weighted by Crippen LogP contribution is 2.32. The zero-order valence-electron chi connectivity index (χ0n) is 14.1. The standard InChI is InChI=1S/C17H21NO5S/c1-5-18(13-6-8-14(21-2)9-7-13)24(19,20)15-10-11-16(22-3)17(12-15)23-4/h6-12H,5H2,1-4H3. The molecule has 0 aliphatic carbocycles. The van der Waals surface area contributed by atoms with Gasteiger partial charge in [0, 0.05) is 12.6 Å². The summed E-state index contributed by atoms with van der Waals surface area (Å²) in [5, 5.41) is 0. The average Bonchev–Trinajstić information content (AvgIpc) is 2.62. The van der Waals surface area contributed by atoms with Crippen molar-refractivity contribution in [1.29, 1.82) is 0 Å². The van der Waals surface area contributed by atoms with Gasteiger partial charge in [-0.1, -0.05) is 0 Å². The maximum atomic E-state index is 13.0. The molecule has 0 amide bonds. The second-order valence-corrected chi connectivity index (χ2v) is 6.75. The van der Waals surface area contributed by atoms with Gasteiger partial charge in [0.25, 0.3) is 10.0 Å². The number of methoxy groups -OCH3 is 3. The van der Waals surface area contributed by atoms with E-state index in [9.17, 15) is 8.42 Å². The summed E-state index contributed by atoms with van der Waals surface area (Å²) >= 11 is 0. The van der Waals surface area contributed by atoms with Gasteiger partial charge in [-0.25, -0.2) is 8.42 Å². The summed E-state index contributed by atoms with van der Waals surface area (Å²) < 4.78 is 42.8. The van der Waals surface area contributed by atoms with Crippen molar-refractivity contribution in [2.75, 3.05) is 32.2 Å². The van der Waals surface area contributed by atoms with Gasteiger partial charge in [0.15, 0.2) is 11.5 Å². The van der Waals surface area contributed by atoms with Gasteiger partial charge in [0.1, 0.15) is 5.75 Å². The molecule has 2 aromatic carbocycles. The van der Waals surface area contributed by atoms with Crippen LogP contribution < -0.4 is 18.5 Å². The van der Waals surface area contributed by atoms with Crippen LogP contribution in [-0.2, 0) is 10.0 Å². The fourth-order valence-corrected chi connectivity index (χ4v) is 3.83. The Morgan fingerprint density at radius 2 is 1.50 bits per heavy atom. The molecule has 0 saturated heterocycles. The Balaban J connectivity index is 2.46. The van der Waals surface area contributed by atoms with Crippen molar-refractivity contribution in [2.24, 2.45) is 0 Å². The summed E-state index contributed by atoms with van der Waals surface area (Å²) in [4.78, 5) is 0.137. The van der Waals surface area contributed by atoms with Crippen molar-refractivity contribution in [2.45, 2.75) is 11.8 Å². The van der Waals surface area contributed by atoms with Crippen LogP contribution in [0.25, 0.3) is 0 Å². The Morgan fingerprint density at radius 1 is 0.875 bits per heavy atom. The molecule has 130 valence electrons. The van der Waals surface area contributed by atoms with Crippen LogP contribution in [0.5, 0.6) is 17.2 Å². The van der Waals surface area contributed by atoms with Crippen LogP contribution in [0, 0.1) is 0 Å². The fraction of sp³-hybridized carbons (Fsp3) is 0.294. The molecular formula is C17H21NO5S. The van der Waals surface area contributed by atoms with Crippen LogP contribution in [0.2, 0.25) is 0 Å². The Labute approximate surface area is 142 Å². The van der Waals surface area contributed by atoms with Crippen molar-refractivity contribution < 1.29 is 22.6 Å². The highest BCUT2D eigenvalue weighted by Gasteiger charge is 2.25. The molecule has 0 aliphatic rings. The molecule has 0 heterocycles. The number of nitrogens with zero attached hydrogens (tertiary/aromatic N) is 1. The van der Waals surface area contributed by atoms with Crippen molar-refractivity contribution in [1.82, 2.24) is 0 Å². The lowest BCUT2D eigenvalue weighted by Gasteiger charge is -2.23. The first-order valence-corrected chi connectivity index (χ1v) is 8.80. The van der Waals surface area contributed by atoms with Crippen molar-refractivity contribution in [3.63, 3.8) is 0 Å². The van der Waals surface area contributed by atoms with Crippen LogP contribution >= 0.6 is 0 Å². The van der Waals surface area contributed by atoms with E-state index in [4.69, 9.17) is 14.2 Å². The normalized spacial score (nSPS) is 11.0. The van der Waals surface area contributed by atoms with Gasteiger partial charge in [-0.3, -0.25) is 4.31 Å². The Bertz CT molecular complexity index is 787. The predicted molar refractivity (Wildman–Crippen MR) is 92.7 cm³/mol. The molecule has 0 N–H and O–H groups in total. The molecule has 7 heteroatoms. The SMILES string of the molecule is CCN(c1ccc(OC)cc1)S(=O)(=O)c1ccc(OC)c(OC)c1. The Morgan fingerprint density at radius 3 is 2.00 bits per heavy atom. The van der Waals surface area contributed by atoms with Crippen molar-refractivity contribution >= 4 is 15.7 Å². The van der Waals surface area contributed by atoms with Crippen LogP contribution in [0.1, 0.15) is 6.92 Å². The third-order valence-corrected chi connectivity index (χ3v) is 5.49. The van der Waals surface area contributed by atoms with Crippen LogP contribution in [0.4, 0.5) is 5.69 Å². The topological polar surface area (TPSA) is 65.1 Å². The molecule has 0 radical (unpaired) electrons. The van der Waals surface area contributed by atoms with E-state index in [1.54, 1.807) is 44.4 Å². The second kappa shape index (κ2) is 7.44. The van der Waals surface area contributed by atoms with Gasteiger partial charge in [-0.2, -0.15) is 0 Å². The largest absolute Gasteiger partial charge is 0.497 e. The monoisotopic (exact) mass is 351 g/mol. The number of anilines is 1. The Kier molecular flexibility index (Phi) is 5.56. The van der Waals surface area contributed by atoms with Crippen LogP contribution in [-0.4, -0.2) is 36.3 Å². The molecule has 0 aromatic heterocycles. The van der Waals surface area contributed by atoms with Gasteiger partial charge in [-0.05, 0) is 43.3 Å². The quantitative estimate of drug-likeness (QED) is 0.767. The lowest BCUT2D eigenvalue weighted by atomic mass is 10.3. The molecule has 24 heavy (non-hydrogen) atoms. The minimum absolute atomic E-state index is 0.137. The van der Waals surface area contributed by atoms with Gasteiger partial charge < -0.3 is 14.2 Å². The molecular weight excluding hydrogens is 330 g/mol. The molecule has 0 bridgehead atoms. The summed E-state index contributed by atoms with van der Waals surface area (Å²) in [6, 6.07) is 11.4. The van der Waals surface area contributed by atoms with E-state index in [1.807, 2.05) is 0 Å². The third-order valence-electron chi connectivity index (χ3n) is 3.59. The summed E-state index contributed by atoms with van der Waals surface area (Å²) in [5.41, 5.74) is 0.563. The number of benzene rings is 2. The fourth-order valence-electron chi connectivity index (χ4n) is 2.34. The lowest BCUT2D eigenvalue weighted by molar-refractivity contribution is 0.354. The van der Waals surface area contributed by atoms with E-state index in [0.29, 0.717) is 29.5 Å². The molecule has 0 aliphatic heterocycles. The van der Waals surface area contributed by atoms with Gasteiger partial charge in [-0.15, -0.1) is 0 Å². The second-order valence-electron chi connectivity index (χ2n) is 4.88. The van der Waals surface area contributed by atoms with E-state index < -0.39 is 10.0 Å². The van der Waals surface area contributed by atoms with Crippen molar-refractivity contribution in [3.8, 4) is 17.2 Å². The number of ether oxygens (including phenoxy) is 3. The minimum Gasteiger partial charge on any atom is -0.497 e. The number of sulfonamides is 1. The Hall–Kier alpha value is -2.41. The number of hydrogen-bond donors (Lipinski definition) is 0. The molecule has 0 fully saturated rings. The van der Waals surface area contributed by atoms with Crippen LogP contribution in [0.15, 0.2) is 47.4 Å². The first-order chi connectivity index (χ1) is 11.5. The number of hydrogen-bond acceptors (Lipinski definition) is 5. The van der Waals surface area contributed by atoms with Crippen molar-refractivity contribution in [3.05, 3.63) is 42.5 Å².